The minimum Gasteiger partial charge on any atom is -0.442 e. The molecule has 1 aliphatic heterocycles. The summed E-state index contributed by atoms with van der Waals surface area (Å²) in [4.78, 5) is 36.4. The number of ether oxygens (including phenoxy) is 1. The fourth-order valence-corrected chi connectivity index (χ4v) is 3.06. The largest absolute Gasteiger partial charge is 0.442 e. The van der Waals surface area contributed by atoms with Crippen molar-refractivity contribution < 1.29 is 19.1 Å². The molecule has 0 spiro atoms. The normalized spacial score (nSPS) is 20.7. The number of cyclic esters (lactones) is 1. The van der Waals surface area contributed by atoms with Gasteiger partial charge in [0.15, 0.2) is 0 Å². The Morgan fingerprint density at radius 3 is 2.91 bits per heavy atom. The van der Waals surface area contributed by atoms with Gasteiger partial charge in [-0.05, 0) is 36.1 Å². The van der Waals surface area contributed by atoms with E-state index in [-0.39, 0.29) is 17.8 Å². The molecule has 1 aromatic carbocycles. The number of amides is 2. The lowest BCUT2D eigenvalue weighted by Gasteiger charge is -2.16. The van der Waals surface area contributed by atoms with Gasteiger partial charge in [0.2, 0.25) is 5.91 Å². The van der Waals surface area contributed by atoms with Crippen LogP contribution < -0.4 is 10.2 Å². The minimum absolute atomic E-state index is 0.150. The predicted octanol–water partition coefficient (Wildman–Crippen LogP) is 1.60. The molecule has 0 aromatic heterocycles. The smallest absolute Gasteiger partial charge is 0.414 e. The maximum absolute atomic E-state index is 12.1. The van der Waals surface area contributed by atoms with Crippen molar-refractivity contribution >= 4 is 23.5 Å². The molecular weight excluding hydrogens is 296 g/mol. The summed E-state index contributed by atoms with van der Waals surface area (Å²) in [7, 11) is 0. The van der Waals surface area contributed by atoms with Crippen LogP contribution in [0, 0.1) is 0 Å². The number of hydrogen-bond acceptors (Lipinski definition) is 4. The fraction of sp³-hybridized carbons (Fsp3) is 0.471. The standard InChI is InChI=1S/C17H20N2O4/c1-11(20)18-9-16-10-19(17(22)23-16)14-6-5-12-3-2-4-15(21)8-13(12)7-14/h5-7,16H,2-4,8-10H2,1H3,(H,18,20)/t16-/m0/s1. The summed E-state index contributed by atoms with van der Waals surface area (Å²) >= 11 is 0. The molecule has 1 atom stereocenters. The van der Waals surface area contributed by atoms with Crippen molar-refractivity contribution in [1.29, 1.82) is 0 Å². The molecule has 1 saturated heterocycles. The highest BCUT2D eigenvalue weighted by Gasteiger charge is 2.32. The summed E-state index contributed by atoms with van der Waals surface area (Å²) in [6.45, 7) is 2.13. The van der Waals surface area contributed by atoms with E-state index in [1.54, 1.807) is 4.90 Å². The van der Waals surface area contributed by atoms with Gasteiger partial charge in [0.05, 0.1) is 13.1 Å². The number of nitrogens with one attached hydrogen (secondary N) is 1. The van der Waals surface area contributed by atoms with Crippen LogP contribution in [0.5, 0.6) is 0 Å². The molecule has 122 valence electrons. The third-order valence-electron chi connectivity index (χ3n) is 4.24. The maximum Gasteiger partial charge on any atom is 0.414 e. The van der Waals surface area contributed by atoms with Gasteiger partial charge >= 0.3 is 6.09 Å². The third kappa shape index (κ3) is 3.52. The van der Waals surface area contributed by atoms with E-state index >= 15 is 0 Å². The first-order valence-corrected chi connectivity index (χ1v) is 7.89. The molecule has 1 aliphatic carbocycles. The topological polar surface area (TPSA) is 75.7 Å². The number of Topliss-reactive ketones (excluding diaryl/α,β-unsaturated/α-hetero) is 1. The number of ketones is 1. The molecular formula is C17H20N2O4. The molecule has 1 fully saturated rings. The van der Waals surface area contributed by atoms with Gasteiger partial charge in [0.1, 0.15) is 11.9 Å². The molecule has 6 heteroatoms. The summed E-state index contributed by atoms with van der Waals surface area (Å²) in [6.07, 6.45) is 2.06. The zero-order valence-corrected chi connectivity index (χ0v) is 13.1. The second-order valence-corrected chi connectivity index (χ2v) is 6.08. The van der Waals surface area contributed by atoms with E-state index in [0.717, 1.165) is 24.1 Å². The average molecular weight is 316 g/mol. The number of fused-ring (bicyclic) bond motifs is 1. The van der Waals surface area contributed by atoms with E-state index in [1.807, 2.05) is 18.2 Å². The van der Waals surface area contributed by atoms with Gasteiger partial charge in [-0.25, -0.2) is 4.79 Å². The van der Waals surface area contributed by atoms with E-state index < -0.39 is 6.09 Å². The Kier molecular flexibility index (Phi) is 4.32. The summed E-state index contributed by atoms with van der Waals surface area (Å²) in [5, 5.41) is 2.66. The Morgan fingerprint density at radius 2 is 2.13 bits per heavy atom. The molecule has 0 unspecified atom stereocenters. The van der Waals surface area contributed by atoms with Crippen molar-refractivity contribution in [2.24, 2.45) is 0 Å². The maximum atomic E-state index is 12.1. The number of carbonyl (C=O) groups excluding carboxylic acids is 3. The molecule has 23 heavy (non-hydrogen) atoms. The zero-order valence-electron chi connectivity index (χ0n) is 13.1. The Hall–Kier alpha value is -2.37. The lowest BCUT2D eigenvalue weighted by molar-refractivity contribution is -0.119. The average Bonchev–Trinajstić information content (AvgIpc) is 2.76. The Morgan fingerprint density at radius 1 is 1.30 bits per heavy atom. The first kappa shape index (κ1) is 15.5. The van der Waals surface area contributed by atoms with Crippen molar-refractivity contribution in [1.82, 2.24) is 5.32 Å². The Bertz CT molecular complexity index is 656. The number of nitrogens with zero attached hydrogens (tertiary/aromatic N) is 1. The lowest BCUT2D eigenvalue weighted by atomic mass is 10.0. The molecule has 2 aliphatic rings. The van der Waals surface area contributed by atoms with E-state index in [1.165, 1.54) is 12.5 Å². The van der Waals surface area contributed by atoms with Gasteiger partial charge in [0, 0.05) is 25.5 Å². The van der Waals surface area contributed by atoms with E-state index in [0.29, 0.717) is 25.9 Å². The first-order chi connectivity index (χ1) is 11.0. The van der Waals surface area contributed by atoms with Gasteiger partial charge < -0.3 is 10.1 Å². The lowest BCUT2D eigenvalue weighted by Crippen LogP contribution is -2.33. The van der Waals surface area contributed by atoms with Crippen LogP contribution in [0.3, 0.4) is 0 Å². The van der Waals surface area contributed by atoms with Gasteiger partial charge in [-0.2, -0.15) is 0 Å². The molecule has 2 amide bonds. The SMILES string of the molecule is CC(=O)NC[C@H]1CN(c2ccc3c(c2)CC(=O)CCC3)C(=O)O1. The van der Waals surface area contributed by atoms with Crippen LogP contribution in [-0.2, 0) is 27.2 Å². The van der Waals surface area contributed by atoms with Crippen LogP contribution >= 0.6 is 0 Å². The van der Waals surface area contributed by atoms with E-state index in [9.17, 15) is 14.4 Å². The van der Waals surface area contributed by atoms with Crippen LogP contribution in [0.15, 0.2) is 18.2 Å². The van der Waals surface area contributed by atoms with Crippen LogP contribution in [0.25, 0.3) is 0 Å². The van der Waals surface area contributed by atoms with Crippen molar-refractivity contribution in [2.45, 2.75) is 38.7 Å². The summed E-state index contributed by atoms with van der Waals surface area (Å²) in [6, 6.07) is 5.81. The van der Waals surface area contributed by atoms with Gasteiger partial charge in [-0.1, -0.05) is 6.07 Å². The summed E-state index contributed by atoms with van der Waals surface area (Å²) in [5.74, 6) is 0.0940. The predicted molar refractivity (Wildman–Crippen MR) is 84.4 cm³/mol. The highest BCUT2D eigenvalue weighted by molar-refractivity contribution is 5.90. The van der Waals surface area contributed by atoms with Crippen molar-refractivity contribution in [2.75, 3.05) is 18.0 Å². The first-order valence-electron chi connectivity index (χ1n) is 7.89. The molecule has 6 nitrogen and oxygen atoms in total. The summed E-state index contributed by atoms with van der Waals surface area (Å²) < 4.78 is 5.27. The number of aryl methyl sites for hydroxylation is 1. The van der Waals surface area contributed by atoms with E-state index in [2.05, 4.69) is 5.32 Å². The monoisotopic (exact) mass is 316 g/mol. The molecule has 0 radical (unpaired) electrons. The van der Waals surface area contributed by atoms with Crippen molar-refractivity contribution in [3.8, 4) is 0 Å². The Labute approximate surface area is 134 Å². The van der Waals surface area contributed by atoms with Crippen molar-refractivity contribution in [3.05, 3.63) is 29.3 Å². The van der Waals surface area contributed by atoms with Crippen molar-refractivity contribution in [3.63, 3.8) is 0 Å². The van der Waals surface area contributed by atoms with Crippen LogP contribution in [0.1, 0.15) is 30.9 Å². The Balaban J connectivity index is 1.75. The van der Waals surface area contributed by atoms with Crippen LogP contribution in [0.2, 0.25) is 0 Å². The number of rotatable bonds is 3. The zero-order chi connectivity index (χ0) is 16.4. The second kappa shape index (κ2) is 6.40. The number of anilines is 1. The van der Waals surface area contributed by atoms with Gasteiger partial charge in [0.25, 0.3) is 0 Å². The minimum atomic E-state index is -0.416. The summed E-state index contributed by atoms with van der Waals surface area (Å²) in [5.41, 5.74) is 2.93. The highest BCUT2D eigenvalue weighted by atomic mass is 16.6. The fourth-order valence-electron chi connectivity index (χ4n) is 3.06. The van der Waals surface area contributed by atoms with Gasteiger partial charge in [-0.3, -0.25) is 14.5 Å². The highest BCUT2D eigenvalue weighted by Crippen LogP contribution is 2.27. The number of hydrogen-bond donors (Lipinski definition) is 1. The molecule has 1 N–H and O–H groups in total. The third-order valence-corrected chi connectivity index (χ3v) is 4.24. The number of carbonyl (C=O) groups is 3. The molecule has 3 rings (SSSR count). The molecule has 0 bridgehead atoms. The quantitative estimate of drug-likeness (QED) is 0.859. The van der Waals surface area contributed by atoms with Crippen LogP contribution in [0.4, 0.5) is 10.5 Å². The second-order valence-electron chi connectivity index (χ2n) is 6.08. The molecule has 0 saturated carbocycles. The van der Waals surface area contributed by atoms with Gasteiger partial charge in [-0.15, -0.1) is 0 Å². The molecule has 1 aromatic rings. The van der Waals surface area contributed by atoms with E-state index in [4.69, 9.17) is 4.74 Å². The molecule has 1 heterocycles. The number of benzene rings is 1. The van der Waals surface area contributed by atoms with Crippen LogP contribution in [-0.4, -0.2) is 37.0 Å².